The zero-order chi connectivity index (χ0) is 23.5. The average molecular weight is 455 g/mol. The van der Waals surface area contributed by atoms with Crippen LogP contribution >= 0.6 is 0 Å². The van der Waals surface area contributed by atoms with Gasteiger partial charge in [0.2, 0.25) is 0 Å². The number of benzene rings is 1. The van der Waals surface area contributed by atoms with Crippen molar-refractivity contribution in [3.8, 4) is 11.4 Å². The first-order valence-electron chi connectivity index (χ1n) is 10.1. The van der Waals surface area contributed by atoms with Gasteiger partial charge in [-0.15, -0.1) is 0 Å². The Kier molecular flexibility index (Phi) is 9.71. The van der Waals surface area contributed by atoms with Crippen LogP contribution < -0.4 is 15.8 Å². The summed E-state index contributed by atoms with van der Waals surface area (Å²) in [6, 6.07) is 11.0. The highest BCUT2D eigenvalue weighted by atomic mass is 32.2. The van der Waals surface area contributed by atoms with Crippen molar-refractivity contribution in [3.05, 3.63) is 54.4 Å². The maximum absolute atomic E-state index is 12.4. The smallest absolute Gasteiger partial charge is 0.163 e. The molecule has 10 heteroatoms. The molecule has 2 heterocycles. The van der Waals surface area contributed by atoms with E-state index in [-0.39, 0.29) is 0 Å². The summed E-state index contributed by atoms with van der Waals surface area (Å²) in [6.07, 6.45) is 3.97. The van der Waals surface area contributed by atoms with E-state index in [0.29, 0.717) is 16.5 Å². The van der Waals surface area contributed by atoms with Crippen molar-refractivity contribution in [2.24, 2.45) is 0 Å². The Hall–Kier alpha value is -3.37. The number of likely N-dealkylation sites (N-methyl/N-ethyl adjacent to an activating group) is 1. The Morgan fingerprint density at radius 3 is 2.47 bits per heavy atom. The molecular weight excluding hydrogens is 424 g/mol. The minimum absolute atomic E-state index is 0.481. The Morgan fingerprint density at radius 2 is 1.88 bits per heavy atom. The van der Waals surface area contributed by atoms with E-state index in [9.17, 15) is 4.21 Å². The zero-order valence-corrected chi connectivity index (χ0v) is 19.4. The molecule has 0 saturated heterocycles. The summed E-state index contributed by atoms with van der Waals surface area (Å²) in [7, 11) is 2.67. The summed E-state index contributed by atoms with van der Waals surface area (Å²) in [4.78, 5) is 15.9. The lowest BCUT2D eigenvalue weighted by molar-refractivity contribution is 0.425. The topological polar surface area (TPSA) is 133 Å². The van der Waals surface area contributed by atoms with Gasteiger partial charge in [0.15, 0.2) is 16.8 Å². The summed E-state index contributed by atoms with van der Waals surface area (Å²) in [6.45, 7) is 6.18. The molecule has 0 fully saturated rings. The molecule has 3 aromatic rings. The summed E-state index contributed by atoms with van der Waals surface area (Å²) >= 11 is 0. The number of nitrogen functional groups attached to an aromatic ring is 1. The number of nitrogens with one attached hydrogen (secondary N) is 3. The molecule has 170 valence electrons. The largest absolute Gasteiger partial charge is 0.383 e. The molecule has 0 aliphatic carbocycles. The minimum Gasteiger partial charge on any atom is -0.383 e. The van der Waals surface area contributed by atoms with Crippen LogP contribution in [-0.2, 0) is 17.4 Å². The lowest BCUT2D eigenvalue weighted by Crippen LogP contribution is -2.22. The molecule has 0 aliphatic heterocycles. The third-order valence-electron chi connectivity index (χ3n) is 4.45. The van der Waals surface area contributed by atoms with E-state index >= 15 is 0 Å². The molecule has 0 radical (unpaired) electrons. The van der Waals surface area contributed by atoms with E-state index in [1.54, 1.807) is 24.5 Å². The third kappa shape index (κ3) is 6.82. The summed E-state index contributed by atoms with van der Waals surface area (Å²) in [5.74, 6) is 1.80. The number of pyridine rings is 1. The fraction of sp³-hybridized carbons (Fsp3) is 0.273. The van der Waals surface area contributed by atoms with Crippen LogP contribution in [0, 0.1) is 5.41 Å². The monoisotopic (exact) mass is 454 g/mol. The van der Waals surface area contributed by atoms with Gasteiger partial charge in [-0.1, -0.05) is 6.92 Å². The molecule has 0 bridgehead atoms. The van der Waals surface area contributed by atoms with Crippen LogP contribution in [0.25, 0.3) is 11.4 Å². The molecule has 1 atom stereocenters. The van der Waals surface area contributed by atoms with Crippen LogP contribution in [0.5, 0.6) is 0 Å². The van der Waals surface area contributed by atoms with Gasteiger partial charge in [-0.05, 0) is 63.6 Å². The van der Waals surface area contributed by atoms with Gasteiger partial charge in [0.1, 0.15) is 11.6 Å². The molecule has 32 heavy (non-hydrogen) atoms. The molecule has 1 unspecified atom stereocenters. The van der Waals surface area contributed by atoms with Gasteiger partial charge >= 0.3 is 0 Å². The second-order valence-corrected chi connectivity index (χ2v) is 8.19. The third-order valence-corrected chi connectivity index (χ3v) is 5.54. The van der Waals surface area contributed by atoms with Gasteiger partial charge in [0.05, 0.1) is 4.90 Å². The standard InChI is InChI=1S/C21H27N7OS.CH3N/c1-4-18-19(22)25-20(26-21(18)24-12-13-28(2)3)15-7-9-16(10-8-15)27-30(29)17-6-5-11-23-14-17;1-2/h5-11,14,27H,4,12-13H2,1-3H3,(H3,22,24,25,26);2H,1H2. The highest BCUT2D eigenvalue weighted by Crippen LogP contribution is 2.25. The van der Waals surface area contributed by atoms with Crippen molar-refractivity contribution in [2.45, 2.75) is 18.2 Å². The van der Waals surface area contributed by atoms with Gasteiger partial charge < -0.3 is 26.1 Å². The quantitative estimate of drug-likeness (QED) is 0.365. The normalized spacial score (nSPS) is 11.4. The first kappa shape index (κ1) is 24.9. The Labute approximate surface area is 191 Å². The molecule has 9 nitrogen and oxygen atoms in total. The first-order chi connectivity index (χ1) is 15.5. The van der Waals surface area contributed by atoms with Crippen molar-refractivity contribution in [1.29, 1.82) is 5.41 Å². The molecule has 0 saturated carbocycles. The number of nitrogens with two attached hydrogens (primary N) is 1. The number of aromatic nitrogens is 3. The van der Waals surface area contributed by atoms with Crippen molar-refractivity contribution in [3.63, 3.8) is 0 Å². The van der Waals surface area contributed by atoms with Gasteiger partial charge in [0.25, 0.3) is 0 Å². The summed E-state index contributed by atoms with van der Waals surface area (Å²) < 4.78 is 15.4. The van der Waals surface area contributed by atoms with Gasteiger partial charge in [-0.25, -0.2) is 14.2 Å². The van der Waals surface area contributed by atoms with Crippen LogP contribution in [0.2, 0.25) is 0 Å². The van der Waals surface area contributed by atoms with Crippen molar-refractivity contribution < 1.29 is 4.21 Å². The average Bonchev–Trinajstić information content (AvgIpc) is 2.81. The van der Waals surface area contributed by atoms with E-state index in [1.165, 1.54) is 0 Å². The van der Waals surface area contributed by atoms with Crippen LogP contribution in [0.4, 0.5) is 17.3 Å². The van der Waals surface area contributed by atoms with Crippen LogP contribution in [0.15, 0.2) is 53.7 Å². The number of rotatable bonds is 9. The van der Waals surface area contributed by atoms with Crippen LogP contribution in [-0.4, -0.2) is 58.0 Å². The van der Waals surface area contributed by atoms with Gasteiger partial charge in [0, 0.05) is 42.3 Å². The molecule has 1 aromatic carbocycles. The van der Waals surface area contributed by atoms with Crippen molar-refractivity contribution in [1.82, 2.24) is 19.9 Å². The maximum Gasteiger partial charge on any atom is 0.163 e. The number of anilines is 3. The Bertz CT molecular complexity index is 1010. The molecule has 0 spiro atoms. The minimum atomic E-state index is -1.38. The fourth-order valence-corrected chi connectivity index (χ4v) is 3.66. The second-order valence-electron chi connectivity index (χ2n) is 6.98. The SMILES string of the molecule is C=N.CCc1c(N)nc(-c2ccc(NS(=O)c3cccnc3)cc2)nc1NCCN(C)C. The van der Waals surface area contributed by atoms with E-state index in [4.69, 9.17) is 16.1 Å². The predicted molar refractivity (Wildman–Crippen MR) is 132 cm³/mol. The van der Waals surface area contributed by atoms with E-state index < -0.39 is 11.0 Å². The lowest BCUT2D eigenvalue weighted by atomic mass is 10.1. The summed E-state index contributed by atoms with van der Waals surface area (Å²) in [5.41, 5.74) is 8.68. The highest BCUT2D eigenvalue weighted by Gasteiger charge is 2.13. The van der Waals surface area contributed by atoms with Crippen LogP contribution in [0.1, 0.15) is 12.5 Å². The second kappa shape index (κ2) is 12.5. The number of nitrogens with zero attached hydrogens (tertiary/aromatic N) is 4. The molecule has 0 amide bonds. The molecular formula is C22H30N8OS. The fourth-order valence-electron chi connectivity index (χ4n) is 2.83. The van der Waals surface area contributed by atoms with E-state index in [1.807, 2.05) is 45.3 Å². The predicted octanol–water partition coefficient (Wildman–Crippen LogP) is 3.06. The van der Waals surface area contributed by atoms with Gasteiger partial charge in [-0.2, -0.15) is 0 Å². The maximum atomic E-state index is 12.4. The van der Waals surface area contributed by atoms with E-state index in [0.717, 1.165) is 42.1 Å². The Balaban J connectivity index is 0.00000176. The molecule has 2 aromatic heterocycles. The first-order valence-corrected chi connectivity index (χ1v) is 11.2. The van der Waals surface area contributed by atoms with Crippen LogP contribution in [0.3, 0.4) is 0 Å². The Morgan fingerprint density at radius 1 is 1.16 bits per heavy atom. The van der Waals surface area contributed by atoms with E-state index in [2.05, 4.69) is 31.6 Å². The molecule has 0 aliphatic rings. The lowest BCUT2D eigenvalue weighted by Gasteiger charge is -2.15. The van der Waals surface area contributed by atoms with Gasteiger partial charge in [-0.3, -0.25) is 4.98 Å². The number of hydrogen-bond donors (Lipinski definition) is 4. The van der Waals surface area contributed by atoms with Crippen molar-refractivity contribution in [2.75, 3.05) is 43.0 Å². The highest BCUT2D eigenvalue weighted by molar-refractivity contribution is 7.86. The zero-order valence-electron chi connectivity index (χ0n) is 18.6. The molecule has 3 rings (SSSR count). The molecule has 5 N–H and O–H groups in total. The van der Waals surface area contributed by atoms with Crippen molar-refractivity contribution >= 4 is 35.0 Å². The summed E-state index contributed by atoms with van der Waals surface area (Å²) in [5, 5.41) is 8.87. The number of hydrogen-bond acceptors (Lipinski definition) is 8.